The van der Waals surface area contributed by atoms with Gasteiger partial charge in [-0.3, -0.25) is 0 Å². The van der Waals surface area contributed by atoms with E-state index in [0.717, 1.165) is 28.4 Å². The van der Waals surface area contributed by atoms with Crippen molar-refractivity contribution >= 4 is 89.4 Å². The molecule has 0 N–H and O–H groups in total. The fourth-order valence-corrected chi connectivity index (χ4v) is 17.5. The summed E-state index contributed by atoms with van der Waals surface area (Å²) in [4.78, 5) is 2.71. The summed E-state index contributed by atoms with van der Waals surface area (Å²) in [6.07, 6.45) is 18.9. The number of anilines is 3. The molecular weight excluding hydrogens is 944 g/mol. The van der Waals surface area contributed by atoms with Crippen LogP contribution in [0.15, 0.2) is 174 Å². The molecule has 382 valence electrons. The van der Waals surface area contributed by atoms with Crippen LogP contribution in [-0.4, -0.2) is 11.3 Å². The number of fused-ring (bicyclic) bond motifs is 16. The van der Waals surface area contributed by atoms with Crippen LogP contribution in [0.2, 0.25) is 0 Å². The standard InChI is InChI=1S/C74H67BN2O/c1-72(2,3)53-26-29-63(56(40-53)49-22-8-5-9-23-49)76-65-38-52(48-20-6-4-7-21-48)37-58-60-43-55(74-34-14-18-47(45-74)19-15-35-74)42-59-57-41-54(73-32-12-16-46(44-73)17-13-33-73)27-30-64(57)77(70(59)60)75(69(58)65)62-28-31-66-68(71(62)76)61-36-50-24-10-11-25-51(50)39-67(61)78-66/h4-11,20-31,36-43,46-47H,12-19,32-35,44-45H2,1-3H3. The SMILES string of the molecule is CC(C)(C)c1ccc(N2c3cc(-c4ccccc4)cc4c3B(c3ccc5oc6cc7ccccc7cc6c5c32)n2c3ccc(C56CCCC(CCC5)C6)cc3c3cc(C56CCCC(CCC5)C6)cc-4c32)c(-c2ccccc2)c1. The topological polar surface area (TPSA) is 21.3 Å². The highest BCUT2D eigenvalue weighted by Crippen LogP contribution is 2.57. The number of hydrogen-bond donors (Lipinski definition) is 0. The summed E-state index contributed by atoms with van der Waals surface area (Å²) in [5, 5.41) is 7.67. The van der Waals surface area contributed by atoms with E-state index in [0.29, 0.717) is 0 Å². The predicted octanol–water partition coefficient (Wildman–Crippen LogP) is 19.1. The Morgan fingerprint density at radius 3 is 1.86 bits per heavy atom. The zero-order chi connectivity index (χ0) is 51.6. The van der Waals surface area contributed by atoms with Crippen molar-refractivity contribution in [3.63, 3.8) is 0 Å². The Morgan fingerprint density at radius 1 is 0.500 bits per heavy atom. The quantitative estimate of drug-likeness (QED) is 0.160. The van der Waals surface area contributed by atoms with Gasteiger partial charge in [-0.25, -0.2) is 0 Å². The lowest BCUT2D eigenvalue weighted by atomic mass is 9.44. The smallest absolute Gasteiger partial charge is 0.333 e. The molecule has 0 spiro atoms. The third-order valence-electron chi connectivity index (χ3n) is 21.1. The van der Waals surface area contributed by atoms with E-state index in [4.69, 9.17) is 4.42 Å². The molecule has 17 rings (SSSR count). The summed E-state index contributed by atoms with van der Waals surface area (Å²) in [7, 11) is 0. The first kappa shape index (κ1) is 45.7. The Bertz CT molecular complexity index is 4280. The molecule has 4 saturated carbocycles. The average Bonchev–Trinajstić information content (AvgIpc) is 3.86. The normalized spacial score (nSPS) is 22.4. The highest BCUT2D eigenvalue weighted by molar-refractivity contribution is 6.90. The van der Waals surface area contributed by atoms with E-state index >= 15 is 0 Å². The molecule has 6 aliphatic rings. The molecule has 2 aromatic heterocycles. The molecule has 78 heavy (non-hydrogen) atoms. The first-order valence-electron chi connectivity index (χ1n) is 29.9. The lowest BCUT2D eigenvalue weighted by Crippen LogP contribution is -2.56. The summed E-state index contributed by atoms with van der Waals surface area (Å²) in [5.41, 5.74) is 23.7. The molecule has 0 radical (unpaired) electrons. The van der Waals surface area contributed by atoms with E-state index < -0.39 is 0 Å². The van der Waals surface area contributed by atoms with Crippen LogP contribution in [0.4, 0.5) is 17.1 Å². The third-order valence-corrected chi connectivity index (χ3v) is 21.1. The highest BCUT2D eigenvalue weighted by atomic mass is 16.3. The third kappa shape index (κ3) is 6.58. The van der Waals surface area contributed by atoms with Crippen LogP contribution in [0.1, 0.15) is 127 Å². The molecule has 4 aliphatic carbocycles. The first-order valence-corrected chi connectivity index (χ1v) is 29.9. The molecule has 0 unspecified atom stereocenters. The minimum atomic E-state index is -0.0992. The fraction of sp³-hybridized carbons (Fsp3) is 0.297. The summed E-state index contributed by atoms with van der Waals surface area (Å²) >= 11 is 0. The van der Waals surface area contributed by atoms with Crippen molar-refractivity contribution in [2.45, 2.75) is 127 Å². The van der Waals surface area contributed by atoms with E-state index in [1.54, 1.807) is 11.1 Å². The van der Waals surface area contributed by atoms with Gasteiger partial charge in [-0.2, -0.15) is 0 Å². The van der Waals surface area contributed by atoms with Gasteiger partial charge in [-0.05, 0) is 194 Å². The Kier molecular flexibility index (Phi) is 9.74. The van der Waals surface area contributed by atoms with E-state index in [9.17, 15) is 0 Å². The Hall–Kier alpha value is -7.30. The maximum atomic E-state index is 7.12. The van der Waals surface area contributed by atoms with Crippen molar-refractivity contribution in [2.24, 2.45) is 11.8 Å². The number of aromatic nitrogens is 1. The molecule has 0 atom stereocenters. The van der Waals surface area contributed by atoms with Gasteiger partial charge in [-0.1, -0.05) is 175 Å². The summed E-state index contributed by atoms with van der Waals surface area (Å²) in [6, 6.07) is 66.7. The molecule has 3 nitrogen and oxygen atoms in total. The van der Waals surface area contributed by atoms with Crippen LogP contribution in [0.3, 0.4) is 0 Å². The number of rotatable bonds is 5. The summed E-state index contributed by atoms with van der Waals surface area (Å²) in [6.45, 7) is 6.94. The zero-order valence-electron chi connectivity index (χ0n) is 45.6. The second kappa shape index (κ2) is 16.6. The number of benzene rings is 9. The second-order valence-corrected chi connectivity index (χ2v) is 26.4. The Morgan fingerprint density at radius 2 is 1.15 bits per heavy atom. The molecule has 4 fully saturated rings. The summed E-state index contributed by atoms with van der Waals surface area (Å²) < 4.78 is 9.97. The second-order valence-electron chi connectivity index (χ2n) is 26.4. The molecule has 4 bridgehead atoms. The van der Waals surface area contributed by atoms with Gasteiger partial charge in [0.05, 0.1) is 16.8 Å². The van der Waals surface area contributed by atoms with Crippen LogP contribution >= 0.6 is 0 Å². The van der Waals surface area contributed by atoms with Crippen molar-refractivity contribution in [2.75, 3.05) is 4.90 Å². The van der Waals surface area contributed by atoms with Gasteiger partial charge in [0.25, 0.3) is 0 Å². The number of nitrogens with zero attached hydrogens (tertiary/aromatic N) is 2. The van der Waals surface area contributed by atoms with Crippen LogP contribution in [-0.2, 0) is 16.2 Å². The molecule has 4 heteroatoms. The maximum absolute atomic E-state index is 7.12. The van der Waals surface area contributed by atoms with Gasteiger partial charge in [0.15, 0.2) is 0 Å². The van der Waals surface area contributed by atoms with Gasteiger partial charge in [0, 0.05) is 44.0 Å². The minimum absolute atomic E-state index is 0.0535. The number of furan rings is 1. The van der Waals surface area contributed by atoms with Gasteiger partial charge >= 0.3 is 6.85 Å². The minimum Gasteiger partial charge on any atom is -0.456 e. The largest absolute Gasteiger partial charge is 0.456 e. The van der Waals surface area contributed by atoms with Crippen LogP contribution < -0.4 is 15.8 Å². The summed E-state index contributed by atoms with van der Waals surface area (Å²) in [5.74, 6) is 1.70. The lowest BCUT2D eigenvalue weighted by molar-refractivity contribution is 0.149. The van der Waals surface area contributed by atoms with Gasteiger partial charge in [0.2, 0.25) is 0 Å². The van der Waals surface area contributed by atoms with Gasteiger partial charge < -0.3 is 13.8 Å². The monoisotopic (exact) mass is 1010 g/mol. The Balaban J connectivity index is 1.04. The molecule has 0 saturated heterocycles. The first-order chi connectivity index (χ1) is 38.2. The van der Waals surface area contributed by atoms with Crippen molar-refractivity contribution in [3.8, 4) is 33.4 Å². The molecule has 0 amide bonds. The van der Waals surface area contributed by atoms with E-state index in [2.05, 4.69) is 200 Å². The van der Waals surface area contributed by atoms with Crippen molar-refractivity contribution in [1.82, 2.24) is 4.48 Å². The highest BCUT2D eigenvalue weighted by Gasteiger charge is 2.48. The molecular formula is C74H67BN2O. The van der Waals surface area contributed by atoms with Crippen molar-refractivity contribution in [3.05, 3.63) is 187 Å². The van der Waals surface area contributed by atoms with Crippen molar-refractivity contribution in [1.29, 1.82) is 0 Å². The molecule has 2 aliphatic heterocycles. The van der Waals surface area contributed by atoms with E-state index in [1.807, 2.05) is 0 Å². The van der Waals surface area contributed by atoms with E-state index in [-0.39, 0.29) is 23.1 Å². The predicted molar refractivity (Wildman–Crippen MR) is 329 cm³/mol. The van der Waals surface area contributed by atoms with Gasteiger partial charge in [0.1, 0.15) is 11.2 Å². The van der Waals surface area contributed by atoms with Gasteiger partial charge in [-0.15, -0.1) is 0 Å². The molecule has 4 heterocycles. The average molecular weight is 1010 g/mol. The van der Waals surface area contributed by atoms with Crippen LogP contribution in [0.5, 0.6) is 0 Å². The van der Waals surface area contributed by atoms with Crippen LogP contribution in [0, 0.1) is 11.8 Å². The number of hydrogen-bond acceptors (Lipinski definition) is 2. The Labute approximate surface area is 459 Å². The van der Waals surface area contributed by atoms with Crippen LogP contribution in [0.25, 0.3) is 87.9 Å². The van der Waals surface area contributed by atoms with E-state index in [1.165, 1.54) is 195 Å². The zero-order valence-corrected chi connectivity index (χ0v) is 45.6. The van der Waals surface area contributed by atoms with Crippen molar-refractivity contribution < 1.29 is 4.42 Å². The fourth-order valence-electron chi connectivity index (χ4n) is 17.5. The maximum Gasteiger partial charge on any atom is 0.333 e. The molecule has 11 aromatic rings. The lowest BCUT2D eigenvalue weighted by Gasteiger charge is -2.46. The molecule has 9 aromatic carbocycles.